The molecule has 0 bridgehead atoms. The molecule has 1 aromatic rings. The molecular formula is C13H18BrClO. The topological polar surface area (TPSA) is 9.23 Å². The number of hydrogen-bond donors (Lipinski definition) is 0. The molecule has 16 heavy (non-hydrogen) atoms. The molecule has 0 radical (unpaired) electrons. The maximum Gasteiger partial charge on any atom is 0.0462 e. The molecule has 0 heterocycles. The minimum Gasteiger partial charge on any atom is -0.385 e. The van der Waals surface area contributed by atoms with Crippen LogP contribution in [0.4, 0.5) is 0 Å². The van der Waals surface area contributed by atoms with Gasteiger partial charge in [-0.2, -0.15) is 0 Å². The van der Waals surface area contributed by atoms with Gasteiger partial charge in [0.1, 0.15) is 0 Å². The molecule has 0 spiro atoms. The molecule has 0 fully saturated rings. The highest BCUT2D eigenvalue weighted by atomic mass is 79.9. The predicted molar refractivity (Wildman–Crippen MR) is 73.7 cm³/mol. The lowest BCUT2D eigenvalue weighted by Gasteiger charge is -2.14. The number of benzene rings is 1. The van der Waals surface area contributed by atoms with E-state index in [0.717, 1.165) is 23.4 Å². The molecule has 90 valence electrons. The van der Waals surface area contributed by atoms with E-state index in [0.29, 0.717) is 5.92 Å². The number of methoxy groups -OCH3 is 1. The molecule has 0 aromatic heterocycles. The van der Waals surface area contributed by atoms with Crippen LogP contribution < -0.4 is 0 Å². The van der Waals surface area contributed by atoms with Crippen molar-refractivity contribution in [3.05, 3.63) is 34.9 Å². The first-order valence-corrected chi connectivity index (χ1v) is 7.08. The molecule has 1 nitrogen and oxygen atoms in total. The molecule has 0 saturated heterocycles. The number of unbranched alkanes of at least 4 members (excludes halogenated alkanes) is 1. The molecule has 0 aliphatic carbocycles. The third-order valence-corrected chi connectivity index (χ3v) is 3.67. The number of ether oxygens (including phenoxy) is 1. The van der Waals surface area contributed by atoms with E-state index in [1.54, 1.807) is 7.11 Å². The molecule has 3 heteroatoms. The summed E-state index contributed by atoms with van der Waals surface area (Å²) in [5, 5.41) is 1.81. The Balaban J connectivity index is 2.47. The molecule has 0 aliphatic heterocycles. The standard InChI is InChI=1S/C13H18BrClO/c1-16-8-3-2-5-12(10-14)11-6-4-7-13(15)9-11/h4,6-7,9,12H,2-3,5,8,10H2,1H3. The molecule has 0 amide bonds. The number of halogens is 2. The SMILES string of the molecule is COCCCCC(CBr)c1cccc(Cl)c1. The van der Waals surface area contributed by atoms with Crippen LogP contribution in [0.1, 0.15) is 30.7 Å². The molecule has 1 aromatic carbocycles. The fourth-order valence-electron chi connectivity index (χ4n) is 1.73. The van der Waals surface area contributed by atoms with Crippen LogP contribution >= 0.6 is 27.5 Å². The maximum absolute atomic E-state index is 5.99. The largest absolute Gasteiger partial charge is 0.385 e. The van der Waals surface area contributed by atoms with Crippen molar-refractivity contribution in [2.24, 2.45) is 0 Å². The van der Waals surface area contributed by atoms with Crippen LogP contribution in [0, 0.1) is 0 Å². The van der Waals surface area contributed by atoms with Crippen molar-refractivity contribution in [1.29, 1.82) is 0 Å². The fourth-order valence-corrected chi connectivity index (χ4v) is 2.63. The second kappa shape index (κ2) is 8.10. The Morgan fingerprint density at radius 1 is 1.38 bits per heavy atom. The first kappa shape index (κ1) is 14.0. The second-order valence-electron chi connectivity index (χ2n) is 3.89. The van der Waals surface area contributed by atoms with E-state index in [-0.39, 0.29) is 0 Å². The van der Waals surface area contributed by atoms with Crippen LogP contribution in [0.5, 0.6) is 0 Å². The summed E-state index contributed by atoms with van der Waals surface area (Å²) in [7, 11) is 1.75. The van der Waals surface area contributed by atoms with Gasteiger partial charge in [-0.05, 0) is 36.5 Å². The number of hydrogen-bond acceptors (Lipinski definition) is 1. The van der Waals surface area contributed by atoms with E-state index < -0.39 is 0 Å². The average Bonchev–Trinajstić information content (AvgIpc) is 2.29. The molecule has 0 aliphatic rings. The van der Waals surface area contributed by atoms with Crippen molar-refractivity contribution >= 4 is 27.5 Å². The fraction of sp³-hybridized carbons (Fsp3) is 0.538. The quantitative estimate of drug-likeness (QED) is 0.527. The van der Waals surface area contributed by atoms with Crippen LogP contribution in [-0.2, 0) is 4.74 Å². The summed E-state index contributed by atoms with van der Waals surface area (Å²) in [5.74, 6) is 0.551. The summed E-state index contributed by atoms with van der Waals surface area (Å²) in [6, 6.07) is 8.14. The van der Waals surface area contributed by atoms with Gasteiger partial charge in [0.25, 0.3) is 0 Å². The Hall–Kier alpha value is -0.0500. The maximum atomic E-state index is 5.99. The highest BCUT2D eigenvalue weighted by Crippen LogP contribution is 2.26. The Labute approximate surface area is 111 Å². The predicted octanol–water partition coefficient (Wildman–Crippen LogP) is 4.64. The van der Waals surface area contributed by atoms with Gasteiger partial charge in [-0.25, -0.2) is 0 Å². The van der Waals surface area contributed by atoms with Crippen molar-refractivity contribution in [3.63, 3.8) is 0 Å². The molecule has 1 unspecified atom stereocenters. The van der Waals surface area contributed by atoms with Gasteiger partial charge in [0, 0.05) is 24.1 Å². The molecule has 0 saturated carbocycles. The average molecular weight is 306 g/mol. The zero-order valence-corrected chi connectivity index (χ0v) is 11.9. The van der Waals surface area contributed by atoms with Gasteiger partial charge in [0.05, 0.1) is 0 Å². The van der Waals surface area contributed by atoms with E-state index in [4.69, 9.17) is 16.3 Å². The van der Waals surface area contributed by atoms with Crippen LogP contribution in [-0.4, -0.2) is 19.0 Å². The zero-order chi connectivity index (χ0) is 11.8. The minimum atomic E-state index is 0.551. The first-order chi connectivity index (χ1) is 7.77. The Kier molecular flexibility index (Phi) is 7.10. The van der Waals surface area contributed by atoms with E-state index in [1.165, 1.54) is 18.4 Å². The van der Waals surface area contributed by atoms with E-state index in [2.05, 4.69) is 28.1 Å². The van der Waals surface area contributed by atoms with Gasteiger partial charge in [-0.1, -0.05) is 46.1 Å². The van der Waals surface area contributed by atoms with Crippen molar-refractivity contribution in [1.82, 2.24) is 0 Å². The monoisotopic (exact) mass is 304 g/mol. The van der Waals surface area contributed by atoms with E-state index in [1.807, 2.05) is 12.1 Å². The summed E-state index contributed by atoms with van der Waals surface area (Å²) in [4.78, 5) is 0. The van der Waals surface area contributed by atoms with Gasteiger partial charge in [-0.15, -0.1) is 0 Å². The van der Waals surface area contributed by atoms with Crippen molar-refractivity contribution in [2.75, 3.05) is 19.0 Å². The summed E-state index contributed by atoms with van der Waals surface area (Å²) in [6.45, 7) is 0.852. The van der Waals surface area contributed by atoms with Crippen LogP contribution in [0.25, 0.3) is 0 Å². The van der Waals surface area contributed by atoms with Gasteiger partial charge in [0.2, 0.25) is 0 Å². The number of alkyl halides is 1. The molecule has 1 rings (SSSR count). The Bertz CT molecular complexity index is 304. The molecule has 0 N–H and O–H groups in total. The summed E-state index contributed by atoms with van der Waals surface area (Å²) < 4.78 is 5.05. The van der Waals surface area contributed by atoms with Crippen LogP contribution in [0.3, 0.4) is 0 Å². The van der Waals surface area contributed by atoms with E-state index in [9.17, 15) is 0 Å². The summed E-state index contributed by atoms with van der Waals surface area (Å²) in [5.41, 5.74) is 1.32. The van der Waals surface area contributed by atoms with Crippen molar-refractivity contribution in [3.8, 4) is 0 Å². The highest BCUT2D eigenvalue weighted by molar-refractivity contribution is 9.09. The van der Waals surface area contributed by atoms with E-state index >= 15 is 0 Å². The normalized spacial score (nSPS) is 12.7. The summed E-state index contributed by atoms with van der Waals surface area (Å²) in [6.07, 6.45) is 3.49. The smallest absolute Gasteiger partial charge is 0.0462 e. The minimum absolute atomic E-state index is 0.551. The van der Waals surface area contributed by atoms with Crippen LogP contribution in [0.15, 0.2) is 24.3 Å². The van der Waals surface area contributed by atoms with Gasteiger partial charge in [-0.3, -0.25) is 0 Å². The van der Waals surface area contributed by atoms with Crippen molar-refractivity contribution < 1.29 is 4.74 Å². The van der Waals surface area contributed by atoms with Crippen LogP contribution in [0.2, 0.25) is 5.02 Å². The molecular weight excluding hydrogens is 287 g/mol. The lowest BCUT2D eigenvalue weighted by atomic mass is 9.95. The Morgan fingerprint density at radius 3 is 2.81 bits per heavy atom. The third-order valence-electron chi connectivity index (χ3n) is 2.66. The second-order valence-corrected chi connectivity index (χ2v) is 4.98. The van der Waals surface area contributed by atoms with Gasteiger partial charge >= 0.3 is 0 Å². The third kappa shape index (κ3) is 4.86. The molecule has 1 atom stereocenters. The first-order valence-electron chi connectivity index (χ1n) is 5.58. The highest BCUT2D eigenvalue weighted by Gasteiger charge is 2.09. The Morgan fingerprint density at radius 2 is 2.19 bits per heavy atom. The van der Waals surface area contributed by atoms with Gasteiger partial charge in [0.15, 0.2) is 0 Å². The number of rotatable bonds is 7. The zero-order valence-electron chi connectivity index (χ0n) is 9.59. The summed E-state index contributed by atoms with van der Waals surface area (Å²) >= 11 is 9.57. The van der Waals surface area contributed by atoms with Gasteiger partial charge < -0.3 is 4.74 Å². The lowest BCUT2D eigenvalue weighted by Crippen LogP contribution is -2.01. The van der Waals surface area contributed by atoms with Crippen molar-refractivity contribution in [2.45, 2.75) is 25.2 Å². The lowest BCUT2D eigenvalue weighted by molar-refractivity contribution is 0.191.